The van der Waals surface area contributed by atoms with Crippen molar-refractivity contribution >= 4 is 19.4 Å². The van der Waals surface area contributed by atoms with Gasteiger partial charge in [0.25, 0.3) is 7.82 Å². The average Bonchev–Trinajstić information content (AvgIpc) is 2.59. The Labute approximate surface area is 150 Å². The summed E-state index contributed by atoms with van der Waals surface area (Å²) in [6, 6.07) is 9.24. The van der Waals surface area contributed by atoms with Crippen LogP contribution in [-0.2, 0) is 13.6 Å². The minimum atomic E-state index is -4.79. The van der Waals surface area contributed by atoms with Gasteiger partial charge >= 0.3 is 18.9 Å². The van der Waals surface area contributed by atoms with E-state index in [1.54, 1.807) is 24.3 Å². The van der Waals surface area contributed by atoms with Gasteiger partial charge in [-0.2, -0.15) is 0 Å². The van der Waals surface area contributed by atoms with Crippen molar-refractivity contribution in [1.29, 1.82) is 0 Å². The zero-order chi connectivity index (χ0) is 16.7. The molecule has 0 aromatic carbocycles. The molecule has 24 heavy (non-hydrogen) atoms. The average molecular weight is 342 g/mol. The second kappa shape index (κ2) is 9.60. The van der Waals surface area contributed by atoms with Crippen LogP contribution in [0.25, 0.3) is 0 Å². The Hall–Kier alpha value is -1.65. The summed E-state index contributed by atoms with van der Waals surface area (Å²) in [7, 11) is -4.79. The van der Waals surface area contributed by atoms with E-state index in [-0.39, 0.29) is 30.2 Å². The van der Waals surface area contributed by atoms with Gasteiger partial charge in [0.05, 0.1) is 0 Å². The molecular formula is C14H12LiN2O6P. The maximum absolute atomic E-state index is 11.7. The van der Waals surface area contributed by atoms with Gasteiger partial charge in [0.1, 0.15) is 24.6 Å². The molecule has 0 spiro atoms. The number of phosphoric acid groups is 1. The van der Waals surface area contributed by atoms with E-state index >= 15 is 0 Å². The van der Waals surface area contributed by atoms with Crippen LogP contribution in [0.2, 0.25) is 0 Å². The monoisotopic (exact) mass is 342 g/mol. The van der Waals surface area contributed by atoms with Crippen LogP contribution in [0.3, 0.4) is 0 Å². The second-order valence-electron chi connectivity index (χ2n) is 4.27. The van der Waals surface area contributed by atoms with Crippen LogP contribution >= 0.6 is 7.82 Å². The van der Waals surface area contributed by atoms with Gasteiger partial charge in [-0.25, -0.2) is 0 Å². The number of ketones is 2. The van der Waals surface area contributed by atoms with Crippen LogP contribution in [0.4, 0.5) is 0 Å². The Balaban J connectivity index is 0.00000288. The molecule has 0 atom stereocenters. The normalized spacial score (nSPS) is 10.7. The van der Waals surface area contributed by atoms with Gasteiger partial charge in [0.15, 0.2) is 0 Å². The van der Waals surface area contributed by atoms with Crippen LogP contribution in [0.1, 0.15) is 21.0 Å². The predicted molar refractivity (Wildman–Crippen MR) is 76.6 cm³/mol. The molecule has 2 aromatic rings. The molecule has 8 nitrogen and oxygen atoms in total. The SMILES string of the molecule is O=C(COP(=O)([O-])OCC(=O)c1ccccn1)c1ccccn1.[Li+]. The maximum atomic E-state index is 11.7. The number of carbonyl (C=O) groups excluding carboxylic acids is 2. The number of pyridine rings is 2. The van der Waals surface area contributed by atoms with Gasteiger partial charge in [0.2, 0.25) is 11.6 Å². The standard InChI is InChI=1S/C14H13N2O6P.Li/c17-13(11-5-1-3-7-15-11)9-21-23(19,20)22-10-14(18)12-6-2-4-8-16-12;/h1-8H,9-10H2,(H,19,20);/q;+1/p-1. The van der Waals surface area contributed by atoms with Gasteiger partial charge in [0, 0.05) is 12.4 Å². The molecule has 0 N–H and O–H groups in total. The molecule has 0 radical (unpaired) electrons. The molecule has 0 unspecified atom stereocenters. The van der Waals surface area contributed by atoms with E-state index in [0.717, 1.165) is 0 Å². The van der Waals surface area contributed by atoms with Gasteiger partial charge in [-0.05, 0) is 24.3 Å². The Morgan fingerprint density at radius 2 is 1.33 bits per heavy atom. The largest absolute Gasteiger partial charge is 1.00 e. The molecule has 0 saturated carbocycles. The van der Waals surface area contributed by atoms with E-state index in [2.05, 4.69) is 19.0 Å². The number of Topliss-reactive ketones (excluding diaryl/α,β-unsaturated/α-hetero) is 2. The van der Waals surface area contributed by atoms with Gasteiger partial charge in [-0.3, -0.25) is 24.1 Å². The van der Waals surface area contributed by atoms with Crippen molar-refractivity contribution in [3.8, 4) is 0 Å². The van der Waals surface area contributed by atoms with E-state index in [9.17, 15) is 19.0 Å². The van der Waals surface area contributed by atoms with Crippen molar-refractivity contribution in [3.05, 3.63) is 60.2 Å². The molecule has 0 aliphatic heterocycles. The first-order valence-corrected chi connectivity index (χ1v) is 7.92. The minimum absolute atomic E-state index is 0. The first-order valence-electron chi connectivity index (χ1n) is 6.46. The van der Waals surface area contributed by atoms with E-state index < -0.39 is 32.6 Å². The molecule has 0 bridgehead atoms. The van der Waals surface area contributed by atoms with Crippen molar-refractivity contribution in [1.82, 2.24) is 9.97 Å². The number of aromatic nitrogens is 2. The fourth-order valence-electron chi connectivity index (χ4n) is 1.52. The van der Waals surface area contributed by atoms with Crippen LogP contribution < -0.4 is 23.8 Å². The number of rotatable bonds is 8. The number of phosphoric ester groups is 1. The zero-order valence-electron chi connectivity index (χ0n) is 12.8. The van der Waals surface area contributed by atoms with Crippen molar-refractivity contribution in [2.24, 2.45) is 0 Å². The molecular weight excluding hydrogens is 330 g/mol. The van der Waals surface area contributed by atoms with Crippen molar-refractivity contribution < 1.29 is 47.0 Å². The quantitative estimate of drug-likeness (QED) is 0.308. The minimum Gasteiger partial charge on any atom is -0.756 e. The molecule has 120 valence electrons. The fraction of sp³-hybridized carbons (Fsp3) is 0.143. The Bertz CT molecular complexity index is 669. The molecule has 0 saturated heterocycles. The fourth-order valence-corrected chi connectivity index (χ4v) is 2.14. The summed E-state index contributed by atoms with van der Waals surface area (Å²) in [5.74, 6) is -1.25. The molecule has 10 heteroatoms. The number of nitrogens with zero attached hydrogens (tertiary/aromatic N) is 2. The van der Waals surface area contributed by atoms with E-state index in [1.165, 1.54) is 24.5 Å². The van der Waals surface area contributed by atoms with E-state index in [1.807, 2.05) is 0 Å². The molecule has 2 heterocycles. The molecule has 0 amide bonds. The van der Waals surface area contributed by atoms with E-state index in [0.29, 0.717) is 0 Å². The molecule has 0 aliphatic carbocycles. The van der Waals surface area contributed by atoms with Crippen LogP contribution in [0, 0.1) is 0 Å². The van der Waals surface area contributed by atoms with Crippen molar-refractivity contribution in [3.63, 3.8) is 0 Å². The molecule has 2 rings (SSSR count). The van der Waals surface area contributed by atoms with Gasteiger partial charge in [-0.15, -0.1) is 0 Å². The second-order valence-corrected chi connectivity index (χ2v) is 5.68. The summed E-state index contributed by atoms with van der Waals surface area (Å²) in [6.07, 6.45) is 2.79. The Morgan fingerprint density at radius 1 is 0.917 bits per heavy atom. The molecule has 2 aromatic heterocycles. The third-order valence-electron chi connectivity index (χ3n) is 2.61. The topological polar surface area (TPSA) is 119 Å². The third kappa shape index (κ3) is 6.46. The predicted octanol–water partition coefficient (Wildman–Crippen LogP) is -1.95. The number of hydrogen-bond acceptors (Lipinski definition) is 8. The number of carbonyl (C=O) groups is 2. The summed E-state index contributed by atoms with van der Waals surface area (Å²) < 4.78 is 20.4. The third-order valence-corrected chi connectivity index (χ3v) is 3.50. The van der Waals surface area contributed by atoms with Gasteiger partial charge < -0.3 is 13.9 Å². The maximum Gasteiger partial charge on any atom is 1.00 e. The summed E-state index contributed by atoms with van der Waals surface area (Å²) in [5.41, 5.74) is 0.133. The summed E-state index contributed by atoms with van der Waals surface area (Å²) in [6.45, 7) is -1.51. The van der Waals surface area contributed by atoms with E-state index in [4.69, 9.17) is 0 Å². The van der Waals surface area contributed by atoms with Crippen LogP contribution in [-0.4, -0.2) is 34.7 Å². The smallest absolute Gasteiger partial charge is 0.756 e. The summed E-state index contributed by atoms with van der Waals surface area (Å²) >= 11 is 0. The Morgan fingerprint density at radius 3 is 1.67 bits per heavy atom. The summed E-state index contributed by atoms with van der Waals surface area (Å²) in [5, 5.41) is 0. The molecule has 0 fully saturated rings. The summed E-state index contributed by atoms with van der Waals surface area (Å²) in [4.78, 5) is 42.4. The first-order chi connectivity index (χ1) is 11.0. The number of hydrogen-bond donors (Lipinski definition) is 0. The van der Waals surface area contributed by atoms with Gasteiger partial charge in [-0.1, -0.05) is 12.1 Å². The van der Waals surface area contributed by atoms with Crippen LogP contribution in [0.5, 0.6) is 0 Å². The van der Waals surface area contributed by atoms with Crippen LogP contribution in [0.15, 0.2) is 48.8 Å². The first kappa shape index (κ1) is 20.4. The zero-order valence-corrected chi connectivity index (χ0v) is 13.7. The Kier molecular flexibility index (Phi) is 8.15. The molecule has 0 aliphatic rings. The van der Waals surface area contributed by atoms with Crippen molar-refractivity contribution in [2.75, 3.05) is 13.2 Å². The van der Waals surface area contributed by atoms with Crippen molar-refractivity contribution in [2.45, 2.75) is 0 Å².